The van der Waals surface area contributed by atoms with Crippen LogP contribution in [-0.2, 0) is 9.84 Å². The summed E-state index contributed by atoms with van der Waals surface area (Å²) >= 11 is 0. The van der Waals surface area contributed by atoms with Gasteiger partial charge in [0.15, 0.2) is 9.84 Å². The summed E-state index contributed by atoms with van der Waals surface area (Å²) in [4.78, 5) is 26.8. The maximum atomic E-state index is 13.5. The van der Waals surface area contributed by atoms with Crippen LogP contribution >= 0.6 is 0 Å². The second kappa shape index (κ2) is 6.83. The molecule has 1 aliphatic heterocycles. The first-order chi connectivity index (χ1) is 12.3. The number of sulfone groups is 1. The SMILES string of the molecule is O=C(N[C@@H]1C=CS(=O)(=O)C1)c1cc(C(F)F)c(-c2ccccc2)[nH]c1=O. The van der Waals surface area contributed by atoms with Crippen LogP contribution in [0.25, 0.3) is 11.3 Å². The van der Waals surface area contributed by atoms with Crippen molar-refractivity contribution < 1.29 is 22.0 Å². The Bertz CT molecular complexity index is 1030. The Morgan fingerprint density at radius 3 is 2.50 bits per heavy atom. The van der Waals surface area contributed by atoms with Gasteiger partial charge in [-0.25, -0.2) is 17.2 Å². The molecule has 0 saturated carbocycles. The van der Waals surface area contributed by atoms with Gasteiger partial charge in [-0.05, 0) is 17.7 Å². The molecular formula is C17H14F2N2O4S. The van der Waals surface area contributed by atoms with Crippen LogP contribution in [0.15, 0.2) is 52.7 Å². The third kappa shape index (κ3) is 3.72. The molecule has 136 valence electrons. The van der Waals surface area contributed by atoms with Gasteiger partial charge in [-0.3, -0.25) is 9.59 Å². The van der Waals surface area contributed by atoms with Crippen molar-refractivity contribution in [1.29, 1.82) is 0 Å². The van der Waals surface area contributed by atoms with Gasteiger partial charge in [0.2, 0.25) is 0 Å². The normalized spacial score (nSPS) is 18.2. The Hall–Kier alpha value is -2.81. The van der Waals surface area contributed by atoms with Crippen LogP contribution in [0.5, 0.6) is 0 Å². The number of alkyl halides is 2. The van der Waals surface area contributed by atoms with Crippen LogP contribution in [0.4, 0.5) is 8.78 Å². The second-order valence-corrected chi connectivity index (χ2v) is 7.68. The van der Waals surface area contributed by atoms with Crippen LogP contribution < -0.4 is 10.9 Å². The Kier molecular flexibility index (Phi) is 4.73. The van der Waals surface area contributed by atoms with E-state index >= 15 is 0 Å². The van der Waals surface area contributed by atoms with E-state index in [1.54, 1.807) is 30.3 Å². The lowest BCUT2D eigenvalue weighted by Gasteiger charge is -2.13. The maximum Gasteiger partial charge on any atom is 0.265 e. The molecule has 0 spiro atoms. The zero-order valence-electron chi connectivity index (χ0n) is 13.3. The first-order valence-corrected chi connectivity index (χ1v) is 9.31. The topological polar surface area (TPSA) is 96.1 Å². The van der Waals surface area contributed by atoms with Crippen molar-refractivity contribution in [3.05, 3.63) is 69.4 Å². The van der Waals surface area contributed by atoms with E-state index in [9.17, 15) is 26.8 Å². The molecule has 0 radical (unpaired) electrons. The number of hydrogen-bond acceptors (Lipinski definition) is 4. The summed E-state index contributed by atoms with van der Waals surface area (Å²) in [5.74, 6) is -1.25. The first kappa shape index (κ1) is 18.0. The number of carbonyl (C=O) groups is 1. The number of rotatable bonds is 4. The van der Waals surface area contributed by atoms with Gasteiger partial charge in [0.1, 0.15) is 5.56 Å². The quantitative estimate of drug-likeness (QED) is 0.848. The van der Waals surface area contributed by atoms with Crippen molar-refractivity contribution in [2.45, 2.75) is 12.5 Å². The van der Waals surface area contributed by atoms with Gasteiger partial charge in [-0.15, -0.1) is 0 Å². The number of halogens is 2. The van der Waals surface area contributed by atoms with Crippen molar-refractivity contribution in [1.82, 2.24) is 10.3 Å². The fourth-order valence-electron chi connectivity index (χ4n) is 2.64. The van der Waals surface area contributed by atoms with Crippen molar-refractivity contribution in [3.8, 4) is 11.3 Å². The molecule has 2 aromatic rings. The van der Waals surface area contributed by atoms with E-state index in [1.165, 1.54) is 6.08 Å². The number of nitrogens with one attached hydrogen (secondary N) is 2. The number of amides is 1. The fraction of sp³-hybridized carbons (Fsp3) is 0.176. The summed E-state index contributed by atoms with van der Waals surface area (Å²) in [5.41, 5.74) is -1.51. The Balaban J connectivity index is 1.96. The number of aromatic amines is 1. The molecule has 3 rings (SSSR count). The van der Waals surface area contributed by atoms with E-state index in [-0.39, 0.29) is 11.4 Å². The zero-order chi connectivity index (χ0) is 18.9. The molecule has 9 heteroatoms. The predicted molar refractivity (Wildman–Crippen MR) is 91.6 cm³/mol. The highest BCUT2D eigenvalue weighted by Gasteiger charge is 2.26. The lowest BCUT2D eigenvalue weighted by atomic mass is 10.0. The van der Waals surface area contributed by atoms with E-state index in [1.807, 2.05) is 0 Å². The van der Waals surface area contributed by atoms with Gasteiger partial charge in [0.25, 0.3) is 17.9 Å². The van der Waals surface area contributed by atoms with Crippen LogP contribution in [0.3, 0.4) is 0 Å². The number of benzene rings is 1. The molecule has 1 amide bonds. The summed E-state index contributed by atoms with van der Waals surface area (Å²) < 4.78 is 49.6. The average Bonchev–Trinajstić information content (AvgIpc) is 2.93. The minimum absolute atomic E-state index is 0.0644. The van der Waals surface area contributed by atoms with Crippen LogP contribution in [-0.4, -0.2) is 31.1 Å². The standard InChI is InChI=1S/C17H14F2N2O4S/c18-15(19)12-8-13(16(22)20-11-6-7-26(24,25)9-11)17(23)21-14(12)10-4-2-1-3-5-10/h1-8,11,15H,9H2,(H,20,22)(H,21,23)/t11-/m1/s1. The van der Waals surface area contributed by atoms with Crippen molar-refractivity contribution in [2.24, 2.45) is 0 Å². The van der Waals surface area contributed by atoms with Gasteiger partial charge >= 0.3 is 0 Å². The molecule has 0 unspecified atom stereocenters. The lowest BCUT2D eigenvalue weighted by molar-refractivity contribution is 0.0945. The summed E-state index contributed by atoms with van der Waals surface area (Å²) in [6.45, 7) is 0. The largest absolute Gasteiger partial charge is 0.345 e. The Morgan fingerprint density at radius 1 is 1.23 bits per heavy atom. The molecule has 1 atom stereocenters. The minimum atomic E-state index is -3.40. The molecule has 0 aliphatic carbocycles. The number of hydrogen-bond donors (Lipinski definition) is 2. The van der Waals surface area contributed by atoms with E-state index in [4.69, 9.17) is 0 Å². The van der Waals surface area contributed by atoms with Crippen molar-refractivity contribution in [3.63, 3.8) is 0 Å². The molecule has 2 heterocycles. The Morgan fingerprint density at radius 2 is 1.92 bits per heavy atom. The monoisotopic (exact) mass is 380 g/mol. The average molecular weight is 380 g/mol. The van der Waals surface area contributed by atoms with Crippen LogP contribution in [0, 0.1) is 0 Å². The minimum Gasteiger partial charge on any atom is -0.345 e. The van der Waals surface area contributed by atoms with Crippen molar-refractivity contribution >= 4 is 15.7 Å². The number of aromatic nitrogens is 1. The van der Waals surface area contributed by atoms with E-state index in [0.717, 1.165) is 11.5 Å². The van der Waals surface area contributed by atoms with Crippen LogP contribution in [0.2, 0.25) is 0 Å². The highest BCUT2D eigenvalue weighted by atomic mass is 32.2. The summed E-state index contributed by atoms with van der Waals surface area (Å²) in [6, 6.07) is 8.13. The molecule has 6 nitrogen and oxygen atoms in total. The summed E-state index contributed by atoms with van der Waals surface area (Å²) in [6.07, 6.45) is -1.64. The second-order valence-electron chi connectivity index (χ2n) is 5.75. The van der Waals surface area contributed by atoms with E-state index in [0.29, 0.717) is 5.56 Å². The third-order valence-corrected chi connectivity index (χ3v) is 5.26. The maximum absolute atomic E-state index is 13.5. The fourth-order valence-corrected chi connectivity index (χ4v) is 3.88. The third-order valence-electron chi connectivity index (χ3n) is 3.86. The lowest BCUT2D eigenvalue weighted by Crippen LogP contribution is -2.38. The predicted octanol–water partition coefficient (Wildman–Crippen LogP) is 2.02. The van der Waals surface area contributed by atoms with Gasteiger partial charge in [0, 0.05) is 11.0 Å². The zero-order valence-corrected chi connectivity index (χ0v) is 14.1. The van der Waals surface area contributed by atoms with Crippen molar-refractivity contribution in [2.75, 3.05) is 5.75 Å². The molecule has 1 aromatic heterocycles. The smallest absolute Gasteiger partial charge is 0.265 e. The van der Waals surface area contributed by atoms with Gasteiger partial charge < -0.3 is 10.3 Å². The molecule has 1 aromatic carbocycles. The van der Waals surface area contributed by atoms with E-state index < -0.39 is 44.9 Å². The molecular weight excluding hydrogens is 366 g/mol. The molecule has 0 fully saturated rings. The molecule has 0 saturated heterocycles. The van der Waals surface area contributed by atoms with Gasteiger partial charge in [-0.2, -0.15) is 0 Å². The first-order valence-electron chi connectivity index (χ1n) is 7.59. The highest BCUT2D eigenvalue weighted by Crippen LogP contribution is 2.29. The number of carbonyl (C=O) groups excluding carboxylic acids is 1. The molecule has 2 N–H and O–H groups in total. The summed E-state index contributed by atoms with van der Waals surface area (Å²) in [7, 11) is -3.40. The van der Waals surface area contributed by atoms with E-state index in [2.05, 4.69) is 10.3 Å². The Labute approximate surface area is 147 Å². The number of pyridine rings is 1. The van der Waals surface area contributed by atoms with Gasteiger partial charge in [0.05, 0.1) is 17.5 Å². The molecule has 0 bridgehead atoms. The molecule has 26 heavy (non-hydrogen) atoms. The van der Waals surface area contributed by atoms with Crippen LogP contribution in [0.1, 0.15) is 22.3 Å². The highest BCUT2D eigenvalue weighted by molar-refractivity contribution is 7.94. The molecule has 1 aliphatic rings. The summed E-state index contributed by atoms with van der Waals surface area (Å²) in [5, 5.41) is 3.31. The van der Waals surface area contributed by atoms with Gasteiger partial charge in [-0.1, -0.05) is 30.3 Å². The number of H-pyrrole nitrogens is 1.